The third-order valence-electron chi connectivity index (χ3n) is 2.72. The van der Waals surface area contributed by atoms with Crippen LogP contribution in [0.2, 0.25) is 0 Å². The molecule has 0 atom stereocenters. The van der Waals surface area contributed by atoms with Gasteiger partial charge < -0.3 is 14.8 Å². The van der Waals surface area contributed by atoms with Crippen molar-refractivity contribution in [3.8, 4) is 11.6 Å². The van der Waals surface area contributed by atoms with Crippen LogP contribution in [-0.4, -0.2) is 34.7 Å². The molecule has 1 amide bonds. The summed E-state index contributed by atoms with van der Waals surface area (Å²) in [6, 6.07) is 2.48. The average molecular weight is 346 g/mol. The topological polar surface area (TPSA) is 119 Å². The summed E-state index contributed by atoms with van der Waals surface area (Å²) >= 11 is 0. The zero-order valence-electron chi connectivity index (χ0n) is 11.9. The SMILES string of the molecule is COc1n[nH]c(C(=O)Nc2ccc(F)cc2OC(F)F)c1[N+](=O)[O-]. The number of anilines is 1. The first-order valence-corrected chi connectivity index (χ1v) is 6.16. The first-order valence-electron chi connectivity index (χ1n) is 6.16. The fourth-order valence-electron chi connectivity index (χ4n) is 1.77. The molecule has 9 nitrogen and oxygen atoms in total. The van der Waals surface area contributed by atoms with Gasteiger partial charge in [-0.3, -0.25) is 20.0 Å². The Morgan fingerprint density at radius 1 is 1.46 bits per heavy atom. The molecule has 2 aromatic rings. The molecule has 1 aromatic heterocycles. The van der Waals surface area contributed by atoms with Crippen LogP contribution in [0.3, 0.4) is 0 Å². The molecule has 0 spiro atoms. The number of nitrogens with zero attached hydrogens (tertiary/aromatic N) is 2. The molecule has 0 unspecified atom stereocenters. The quantitative estimate of drug-likeness (QED) is 0.612. The van der Waals surface area contributed by atoms with Crippen molar-refractivity contribution in [3.63, 3.8) is 0 Å². The molecule has 2 rings (SSSR count). The number of H-pyrrole nitrogens is 1. The van der Waals surface area contributed by atoms with E-state index in [1.54, 1.807) is 0 Å². The standard InChI is InChI=1S/C12H9F3N4O5/c1-23-11-9(19(21)22)8(17-18-11)10(20)16-6-3-2-5(13)4-7(6)24-12(14)15/h2-4,12H,1H3,(H,16,20)(H,17,18). The van der Waals surface area contributed by atoms with E-state index in [0.717, 1.165) is 19.2 Å². The van der Waals surface area contributed by atoms with E-state index in [-0.39, 0.29) is 5.69 Å². The second kappa shape index (κ2) is 6.85. The lowest BCUT2D eigenvalue weighted by Crippen LogP contribution is -2.16. The van der Waals surface area contributed by atoms with Gasteiger partial charge in [0.2, 0.25) is 5.69 Å². The molecular weight excluding hydrogens is 337 g/mol. The maximum Gasteiger partial charge on any atom is 0.387 e. The number of carbonyl (C=O) groups excluding carboxylic acids is 1. The number of alkyl halides is 2. The number of amides is 1. The van der Waals surface area contributed by atoms with Crippen molar-refractivity contribution in [2.24, 2.45) is 0 Å². The van der Waals surface area contributed by atoms with E-state index in [1.807, 2.05) is 0 Å². The largest absolute Gasteiger partial charge is 0.475 e. The van der Waals surface area contributed by atoms with Crippen molar-refractivity contribution < 1.29 is 32.4 Å². The van der Waals surface area contributed by atoms with Crippen molar-refractivity contribution in [3.05, 3.63) is 39.8 Å². The lowest BCUT2D eigenvalue weighted by Gasteiger charge is -2.11. The molecule has 12 heteroatoms. The minimum absolute atomic E-state index is 0.315. The number of nitro groups is 1. The molecule has 0 saturated carbocycles. The molecule has 0 aliphatic carbocycles. The second-order valence-electron chi connectivity index (χ2n) is 4.19. The highest BCUT2D eigenvalue weighted by Crippen LogP contribution is 2.31. The molecule has 0 bridgehead atoms. The van der Waals surface area contributed by atoms with Crippen molar-refractivity contribution in [1.29, 1.82) is 0 Å². The molecule has 1 aromatic carbocycles. The highest BCUT2D eigenvalue weighted by molar-refractivity contribution is 6.06. The van der Waals surface area contributed by atoms with Crippen LogP contribution in [0, 0.1) is 15.9 Å². The minimum Gasteiger partial charge on any atom is -0.475 e. The molecule has 2 N–H and O–H groups in total. The average Bonchev–Trinajstić information content (AvgIpc) is 2.93. The predicted octanol–water partition coefficient (Wildman–Crippen LogP) is 2.32. The number of hydrogen-bond acceptors (Lipinski definition) is 6. The number of ether oxygens (including phenoxy) is 2. The second-order valence-corrected chi connectivity index (χ2v) is 4.19. The Morgan fingerprint density at radius 2 is 2.17 bits per heavy atom. The van der Waals surface area contributed by atoms with Gasteiger partial charge in [-0.15, -0.1) is 5.10 Å². The Hall–Kier alpha value is -3.31. The summed E-state index contributed by atoms with van der Waals surface area (Å²) in [5.41, 5.74) is -1.64. The molecular formula is C12H9F3N4O5. The zero-order chi connectivity index (χ0) is 17.9. The third kappa shape index (κ3) is 3.53. The smallest absolute Gasteiger partial charge is 0.387 e. The summed E-state index contributed by atoms with van der Waals surface area (Å²) in [6.07, 6.45) is 0. The summed E-state index contributed by atoms with van der Waals surface area (Å²) in [5, 5.41) is 18.6. The maximum atomic E-state index is 13.1. The van der Waals surface area contributed by atoms with E-state index in [2.05, 4.69) is 25.0 Å². The van der Waals surface area contributed by atoms with Gasteiger partial charge in [0.1, 0.15) is 5.82 Å². The first kappa shape index (κ1) is 17.1. The van der Waals surface area contributed by atoms with Gasteiger partial charge in [0.05, 0.1) is 17.7 Å². The number of hydrogen-bond donors (Lipinski definition) is 2. The van der Waals surface area contributed by atoms with Crippen LogP contribution < -0.4 is 14.8 Å². The number of benzene rings is 1. The van der Waals surface area contributed by atoms with Crippen LogP contribution in [0.25, 0.3) is 0 Å². The molecule has 0 saturated heterocycles. The first-order chi connectivity index (χ1) is 11.3. The highest BCUT2D eigenvalue weighted by Gasteiger charge is 2.30. The third-order valence-corrected chi connectivity index (χ3v) is 2.72. The number of rotatable bonds is 6. The fraction of sp³-hybridized carbons (Fsp3) is 0.167. The van der Waals surface area contributed by atoms with Crippen molar-refractivity contribution in [2.75, 3.05) is 12.4 Å². The maximum absolute atomic E-state index is 13.1. The van der Waals surface area contributed by atoms with E-state index in [4.69, 9.17) is 0 Å². The van der Waals surface area contributed by atoms with Gasteiger partial charge in [0.15, 0.2) is 5.75 Å². The van der Waals surface area contributed by atoms with Crippen molar-refractivity contribution in [1.82, 2.24) is 10.2 Å². The number of methoxy groups -OCH3 is 1. The normalized spacial score (nSPS) is 10.5. The van der Waals surface area contributed by atoms with E-state index in [1.165, 1.54) is 0 Å². The summed E-state index contributed by atoms with van der Waals surface area (Å²) in [4.78, 5) is 22.2. The van der Waals surface area contributed by atoms with Gasteiger partial charge in [-0.05, 0) is 12.1 Å². The Kier molecular flexibility index (Phi) is 4.87. The van der Waals surface area contributed by atoms with Crippen LogP contribution in [0.1, 0.15) is 10.5 Å². The van der Waals surface area contributed by atoms with Crippen LogP contribution in [-0.2, 0) is 0 Å². The van der Waals surface area contributed by atoms with Gasteiger partial charge in [-0.2, -0.15) is 8.78 Å². The minimum atomic E-state index is -3.26. The lowest BCUT2D eigenvalue weighted by atomic mass is 10.2. The van der Waals surface area contributed by atoms with Crippen LogP contribution in [0.15, 0.2) is 18.2 Å². The van der Waals surface area contributed by atoms with E-state index in [0.29, 0.717) is 6.07 Å². The number of carbonyl (C=O) groups is 1. The summed E-state index contributed by atoms with van der Waals surface area (Å²) in [6.45, 7) is -3.26. The predicted molar refractivity (Wildman–Crippen MR) is 72.8 cm³/mol. The Bertz CT molecular complexity index is 780. The van der Waals surface area contributed by atoms with Crippen LogP contribution in [0.4, 0.5) is 24.5 Å². The summed E-state index contributed by atoms with van der Waals surface area (Å²) in [5.74, 6) is -3.04. The van der Waals surface area contributed by atoms with Crippen molar-refractivity contribution >= 4 is 17.3 Å². The van der Waals surface area contributed by atoms with Crippen LogP contribution >= 0.6 is 0 Å². The molecule has 0 aliphatic rings. The van der Waals surface area contributed by atoms with E-state index in [9.17, 15) is 28.1 Å². The highest BCUT2D eigenvalue weighted by atomic mass is 19.3. The van der Waals surface area contributed by atoms with E-state index < -0.39 is 46.3 Å². The number of aromatic nitrogens is 2. The van der Waals surface area contributed by atoms with Gasteiger partial charge in [-0.25, -0.2) is 4.39 Å². The molecule has 0 radical (unpaired) electrons. The Labute approximate surface area is 131 Å². The molecule has 0 aliphatic heterocycles. The number of halogens is 3. The molecule has 128 valence electrons. The van der Waals surface area contributed by atoms with Crippen molar-refractivity contribution in [2.45, 2.75) is 6.61 Å². The van der Waals surface area contributed by atoms with Gasteiger partial charge in [-0.1, -0.05) is 0 Å². The van der Waals surface area contributed by atoms with Crippen LogP contribution in [0.5, 0.6) is 11.6 Å². The zero-order valence-corrected chi connectivity index (χ0v) is 11.9. The summed E-state index contributed by atoms with van der Waals surface area (Å²) in [7, 11) is 1.11. The molecule has 0 fully saturated rings. The number of nitrogens with one attached hydrogen (secondary N) is 2. The van der Waals surface area contributed by atoms with Gasteiger partial charge in [0, 0.05) is 6.07 Å². The van der Waals surface area contributed by atoms with Gasteiger partial charge in [0.25, 0.3) is 5.91 Å². The Balaban J connectivity index is 2.34. The Morgan fingerprint density at radius 3 is 2.75 bits per heavy atom. The fourth-order valence-corrected chi connectivity index (χ4v) is 1.77. The summed E-state index contributed by atoms with van der Waals surface area (Å²) < 4.78 is 46.5. The van der Waals surface area contributed by atoms with Gasteiger partial charge >= 0.3 is 18.2 Å². The molecule has 1 heterocycles. The monoisotopic (exact) mass is 346 g/mol. The lowest BCUT2D eigenvalue weighted by molar-refractivity contribution is -0.386. The number of aromatic amines is 1. The molecule has 24 heavy (non-hydrogen) atoms. The van der Waals surface area contributed by atoms with E-state index >= 15 is 0 Å².